The Morgan fingerprint density at radius 3 is 2.40 bits per heavy atom. The molecule has 20 heavy (non-hydrogen) atoms. The van der Waals surface area contributed by atoms with Crippen molar-refractivity contribution in [3.05, 3.63) is 29.8 Å². The summed E-state index contributed by atoms with van der Waals surface area (Å²) < 4.78 is 26.8. The van der Waals surface area contributed by atoms with Crippen LogP contribution >= 0.6 is 12.4 Å². The minimum absolute atomic E-state index is 0. The first kappa shape index (κ1) is 17.4. The summed E-state index contributed by atoms with van der Waals surface area (Å²) in [6, 6.07) is 7.01. The van der Waals surface area contributed by atoms with Crippen LogP contribution in [0.5, 0.6) is 0 Å². The number of sulfonamides is 1. The average molecular weight is 319 g/mol. The van der Waals surface area contributed by atoms with Crippen LogP contribution in [0.2, 0.25) is 0 Å². The van der Waals surface area contributed by atoms with Gasteiger partial charge in [-0.1, -0.05) is 25.5 Å². The van der Waals surface area contributed by atoms with Crippen LogP contribution in [-0.4, -0.2) is 21.0 Å². The number of halogens is 1. The molecule has 1 aliphatic carbocycles. The van der Waals surface area contributed by atoms with Crippen LogP contribution in [0.3, 0.4) is 0 Å². The van der Waals surface area contributed by atoms with E-state index in [0.29, 0.717) is 17.4 Å². The molecule has 114 valence electrons. The highest BCUT2D eigenvalue weighted by Gasteiger charge is 2.29. The molecular weight excluding hydrogens is 296 g/mol. The maximum absolute atomic E-state index is 12.1. The lowest BCUT2D eigenvalue weighted by molar-refractivity contribution is 0.547. The maximum atomic E-state index is 12.1. The molecule has 1 fully saturated rings. The zero-order valence-electron chi connectivity index (χ0n) is 11.7. The Hall–Kier alpha value is -0.620. The molecule has 3 N–H and O–H groups in total. The molecule has 1 aliphatic rings. The second-order valence-electron chi connectivity index (χ2n) is 5.25. The topological polar surface area (TPSA) is 72.2 Å². The normalized spacial score (nSPS) is 16.5. The van der Waals surface area contributed by atoms with Crippen LogP contribution in [0.4, 0.5) is 0 Å². The molecular formula is C14H23ClN2O2S. The van der Waals surface area contributed by atoms with Gasteiger partial charge in [-0.2, -0.15) is 0 Å². The molecule has 2 rings (SSSR count). The molecule has 1 aromatic carbocycles. The standard InChI is InChI=1S/C14H22N2O2S.ClH/c1-2-3-11-4-8-13(9-5-11)19(17,18)16-10-14(15)12-6-7-12;/h4-5,8-9,12,14,16H,2-3,6-7,10,15H2,1H3;1H. The van der Waals surface area contributed by atoms with Crippen LogP contribution < -0.4 is 10.5 Å². The van der Waals surface area contributed by atoms with Gasteiger partial charge in [-0.25, -0.2) is 13.1 Å². The van der Waals surface area contributed by atoms with E-state index in [1.54, 1.807) is 12.1 Å². The van der Waals surface area contributed by atoms with E-state index in [0.717, 1.165) is 31.2 Å². The van der Waals surface area contributed by atoms with Crippen LogP contribution in [0.25, 0.3) is 0 Å². The molecule has 1 atom stereocenters. The smallest absolute Gasteiger partial charge is 0.240 e. The molecule has 1 saturated carbocycles. The van der Waals surface area contributed by atoms with E-state index < -0.39 is 10.0 Å². The van der Waals surface area contributed by atoms with E-state index in [2.05, 4.69) is 11.6 Å². The Labute approximate surface area is 127 Å². The molecule has 1 unspecified atom stereocenters. The summed E-state index contributed by atoms with van der Waals surface area (Å²) in [5, 5.41) is 0. The molecule has 0 saturated heterocycles. The monoisotopic (exact) mass is 318 g/mol. The van der Waals surface area contributed by atoms with E-state index in [4.69, 9.17) is 5.73 Å². The third kappa shape index (κ3) is 4.74. The zero-order valence-corrected chi connectivity index (χ0v) is 13.3. The molecule has 4 nitrogen and oxygen atoms in total. The lowest BCUT2D eigenvalue weighted by Gasteiger charge is -2.12. The van der Waals surface area contributed by atoms with Crippen LogP contribution in [-0.2, 0) is 16.4 Å². The van der Waals surface area contributed by atoms with Crippen molar-refractivity contribution in [2.24, 2.45) is 11.7 Å². The SMILES string of the molecule is CCCc1ccc(S(=O)(=O)NCC(N)C2CC2)cc1.Cl. The maximum Gasteiger partial charge on any atom is 0.240 e. The molecule has 0 amide bonds. The lowest BCUT2D eigenvalue weighted by atomic mass is 10.1. The molecule has 0 aliphatic heterocycles. The van der Waals surface area contributed by atoms with Gasteiger partial charge < -0.3 is 5.73 Å². The van der Waals surface area contributed by atoms with Gasteiger partial charge in [0, 0.05) is 12.6 Å². The van der Waals surface area contributed by atoms with Gasteiger partial charge in [0.05, 0.1) is 4.90 Å². The van der Waals surface area contributed by atoms with Crippen molar-refractivity contribution in [1.82, 2.24) is 4.72 Å². The molecule has 0 heterocycles. The number of hydrogen-bond donors (Lipinski definition) is 2. The Kier molecular flexibility index (Phi) is 6.45. The summed E-state index contributed by atoms with van der Waals surface area (Å²) in [6.07, 6.45) is 4.27. The van der Waals surface area contributed by atoms with E-state index in [1.165, 1.54) is 0 Å². The first-order chi connectivity index (χ1) is 9.03. The van der Waals surface area contributed by atoms with Gasteiger partial charge in [0.2, 0.25) is 10.0 Å². The number of nitrogens with two attached hydrogens (primary N) is 1. The lowest BCUT2D eigenvalue weighted by Crippen LogP contribution is -2.38. The second kappa shape index (κ2) is 7.41. The number of nitrogens with one attached hydrogen (secondary N) is 1. The van der Waals surface area contributed by atoms with Gasteiger partial charge in [0.15, 0.2) is 0 Å². The summed E-state index contributed by atoms with van der Waals surface area (Å²) in [5.74, 6) is 0.495. The van der Waals surface area contributed by atoms with Gasteiger partial charge >= 0.3 is 0 Å². The van der Waals surface area contributed by atoms with E-state index >= 15 is 0 Å². The van der Waals surface area contributed by atoms with Crippen LogP contribution in [0.1, 0.15) is 31.7 Å². The minimum atomic E-state index is -3.42. The number of aryl methyl sites for hydroxylation is 1. The first-order valence-corrected chi connectivity index (χ1v) is 8.35. The van der Waals surface area contributed by atoms with Crippen LogP contribution in [0.15, 0.2) is 29.2 Å². The fourth-order valence-corrected chi connectivity index (χ4v) is 3.18. The first-order valence-electron chi connectivity index (χ1n) is 6.87. The summed E-state index contributed by atoms with van der Waals surface area (Å²) in [4.78, 5) is 0.315. The molecule has 0 aromatic heterocycles. The molecule has 0 bridgehead atoms. The second-order valence-corrected chi connectivity index (χ2v) is 7.01. The molecule has 0 spiro atoms. The van der Waals surface area contributed by atoms with Gasteiger partial charge in [-0.05, 0) is 42.9 Å². The highest BCUT2D eigenvalue weighted by molar-refractivity contribution is 7.89. The van der Waals surface area contributed by atoms with Crippen molar-refractivity contribution in [3.8, 4) is 0 Å². The van der Waals surface area contributed by atoms with Crippen molar-refractivity contribution in [1.29, 1.82) is 0 Å². The fraction of sp³-hybridized carbons (Fsp3) is 0.571. The largest absolute Gasteiger partial charge is 0.326 e. The Bertz CT molecular complexity index is 512. The van der Waals surface area contributed by atoms with Crippen molar-refractivity contribution < 1.29 is 8.42 Å². The van der Waals surface area contributed by atoms with Gasteiger partial charge in [-0.3, -0.25) is 0 Å². The zero-order chi connectivity index (χ0) is 13.9. The van der Waals surface area contributed by atoms with Crippen molar-refractivity contribution >= 4 is 22.4 Å². The summed E-state index contributed by atoms with van der Waals surface area (Å²) >= 11 is 0. The Morgan fingerprint density at radius 1 is 1.30 bits per heavy atom. The highest BCUT2D eigenvalue weighted by atomic mass is 35.5. The summed E-state index contributed by atoms with van der Waals surface area (Å²) in [5.41, 5.74) is 7.06. The van der Waals surface area contributed by atoms with E-state index in [-0.39, 0.29) is 18.4 Å². The summed E-state index contributed by atoms with van der Waals surface area (Å²) in [6.45, 7) is 2.43. The third-order valence-corrected chi connectivity index (χ3v) is 4.95. The fourth-order valence-electron chi connectivity index (χ4n) is 2.10. The highest BCUT2D eigenvalue weighted by Crippen LogP contribution is 2.31. The van der Waals surface area contributed by atoms with E-state index in [9.17, 15) is 8.42 Å². The number of benzene rings is 1. The average Bonchev–Trinajstić information content (AvgIpc) is 3.21. The molecule has 0 radical (unpaired) electrons. The number of hydrogen-bond acceptors (Lipinski definition) is 3. The predicted octanol–water partition coefficient (Wildman–Crippen LogP) is 2.08. The minimum Gasteiger partial charge on any atom is -0.326 e. The van der Waals surface area contributed by atoms with Crippen molar-refractivity contribution in [3.63, 3.8) is 0 Å². The Morgan fingerprint density at radius 2 is 1.90 bits per heavy atom. The van der Waals surface area contributed by atoms with Gasteiger partial charge in [-0.15, -0.1) is 12.4 Å². The quantitative estimate of drug-likeness (QED) is 0.808. The molecule has 1 aromatic rings. The van der Waals surface area contributed by atoms with Crippen molar-refractivity contribution in [2.75, 3.05) is 6.54 Å². The van der Waals surface area contributed by atoms with Gasteiger partial charge in [0.1, 0.15) is 0 Å². The van der Waals surface area contributed by atoms with Crippen molar-refractivity contribution in [2.45, 2.75) is 43.5 Å². The Balaban J connectivity index is 0.00000200. The van der Waals surface area contributed by atoms with E-state index in [1.807, 2.05) is 12.1 Å². The van der Waals surface area contributed by atoms with Gasteiger partial charge in [0.25, 0.3) is 0 Å². The third-order valence-electron chi connectivity index (χ3n) is 3.51. The summed E-state index contributed by atoms with van der Waals surface area (Å²) in [7, 11) is -3.42. The molecule has 6 heteroatoms. The number of rotatable bonds is 7. The predicted molar refractivity (Wildman–Crippen MR) is 83.6 cm³/mol. The van der Waals surface area contributed by atoms with Crippen LogP contribution in [0, 0.1) is 5.92 Å².